The highest BCUT2D eigenvalue weighted by Gasteiger charge is 2.25. The van der Waals surface area contributed by atoms with Crippen molar-refractivity contribution < 1.29 is 13.9 Å². The summed E-state index contributed by atoms with van der Waals surface area (Å²) in [5.74, 6) is 0.782. The van der Waals surface area contributed by atoms with Crippen molar-refractivity contribution in [2.45, 2.75) is 25.6 Å². The van der Waals surface area contributed by atoms with Gasteiger partial charge in [-0.2, -0.15) is 0 Å². The van der Waals surface area contributed by atoms with E-state index in [0.717, 1.165) is 22.4 Å². The topological polar surface area (TPSA) is 56.8 Å². The third kappa shape index (κ3) is 4.78. The van der Waals surface area contributed by atoms with E-state index in [9.17, 15) is 4.39 Å². The van der Waals surface area contributed by atoms with Gasteiger partial charge in [-0.1, -0.05) is 54.2 Å². The van der Waals surface area contributed by atoms with Crippen molar-refractivity contribution in [3.8, 4) is 5.75 Å². The SMILES string of the molecule is Cc1cccc(N=C(N)SCc2cc(F)cc3c2O[C@H](c2ccccc2)OC3)c1. The summed E-state index contributed by atoms with van der Waals surface area (Å²) in [7, 11) is 0. The van der Waals surface area contributed by atoms with Crippen molar-refractivity contribution in [2.75, 3.05) is 0 Å². The fourth-order valence-electron chi connectivity index (χ4n) is 3.17. The summed E-state index contributed by atoms with van der Waals surface area (Å²) in [5.41, 5.74) is 10.3. The van der Waals surface area contributed by atoms with Crippen molar-refractivity contribution >= 4 is 22.6 Å². The van der Waals surface area contributed by atoms with Crippen LogP contribution in [-0.2, 0) is 17.1 Å². The molecule has 0 fully saturated rings. The van der Waals surface area contributed by atoms with Crippen molar-refractivity contribution in [1.82, 2.24) is 0 Å². The molecule has 1 heterocycles. The fourth-order valence-corrected chi connectivity index (χ4v) is 3.86. The predicted octanol–water partition coefficient (Wildman–Crippen LogP) is 5.62. The first kappa shape index (κ1) is 19.5. The third-order valence-electron chi connectivity index (χ3n) is 4.51. The van der Waals surface area contributed by atoms with E-state index in [1.807, 2.05) is 61.5 Å². The number of aryl methyl sites for hydroxylation is 1. The van der Waals surface area contributed by atoms with E-state index in [-0.39, 0.29) is 12.4 Å². The molecule has 1 aliphatic rings. The second kappa shape index (κ2) is 8.68. The van der Waals surface area contributed by atoms with E-state index in [1.54, 1.807) is 0 Å². The molecule has 3 aromatic rings. The number of fused-ring (bicyclic) bond motifs is 1. The maximum atomic E-state index is 14.1. The first-order valence-electron chi connectivity index (χ1n) is 9.26. The van der Waals surface area contributed by atoms with Gasteiger partial charge < -0.3 is 15.2 Å². The molecule has 29 heavy (non-hydrogen) atoms. The van der Waals surface area contributed by atoms with Gasteiger partial charge in [0.1, 0.15) is 11.6 Å². The lowest BCUT2D eigenvalue weighted by molar-refractivity contribution is -0.112. The number of rotatable bonds is 4. The highest BCUT2D eigenvalue weighted by molar-refractivity contribution is 8.13. The van der Waals surface area contributed by atoms with Crippen LogP contribution >= 0.6 is 11.8 Å². The molecule has 0 spiro atoms. The van der Waals surface area contributed by atoms with Crippen LogP contribution < -0.4 is 10.5 Å². The molecule has 2 N–H and O–H groups in total. The molecule has 1 atom stereocenters. The molecule has 4 nitrogen and oxygen atoms in total. The number of hydrogen-bond donors (Lipinski definition) is 1. The first-order valence-corrected chi connectivity index (χ1v) is 10.3. The van der Waals surface area contributed by atoms with Gasteiger partial charge in [0, 0.05) is 22.4 Å². The monoisotopic (exact) mass is 408 g/mol. The van der Waals surface area contributed by atoms with Gasteiger partial charge in [0.2, 0.25) is 6.29 Å². The Morgan fingerprint density at radius 2 is 1.97 bits per heavy atom. The van der Waals surface area contributed by atoms with Gasteiger partial charge in [-0.25, -0.2) is 9.38 Å². The summed E-state index contributed by atoms with van der Waals surface area (Å²) >= 11 is 1.35. The molecule has 0 amide bonds. The Bertz CT molecular complexity index is 1040. The van der Waals surface area contributed by atoms with E-state index < -0.39 is 6.29 Å². The standard InChI is InChI=1S/C23H21FN2O2S/c1-15-6-5-9-20(10-15)26-23(25)29-14-18-12-19(24)11-17-13-27-22(28-21(17)18)16-7-3-2-4-8-16/h2-12,22H,13-14H2,1H3,(H2,25,26)/t22-/m1/s1. The summed E-state index contributed by atoms with van der Waals surface area (Å²) in [4.78, 5) is 4.43. The largest absolute Gasteiger partial charge is 0.460 e. The van der Waals surface area contributed by atoms with Crippen LogP contribution in [-0.4, -0.2) is 5.17 Å². The quantitative estimate of drug-likeness (QED) is 0.450. The maximum Gasteiger partial charge on any atom is 0.227 e. The molecule has 0 radical (unpaired) electrons. The maximum absolute atomic E-state index is 14.1. The average molecular weight is 408 g/mol. The number of ether oxygens (including phenoxy) is 2. The molecular weight excluding hydrogens is 387 g/mol. The smallest absolute Gasteiger partial charge is 0.227 e. The van der Waals surface area contributed by atoms with E-state index >= 15 is 0 Å². The fraction of sp³-hybridized carbons (Fsp3) is 0.174. The van der Waals surface area contributed by atoms with Crippen LogP contribution in [0.3, 0.4) is 0 Å². The van der Waals surface area contributed by atoms with Crippen LogP contribution in [0.1, 0.15) is 28.5 Å². The second-order valence-electron chi connectivity index (χ2n) is 6.80. The first-order chi connectivity index (χ1) is 14.1. The molecule has 0 bridgehead atoms. The molecule has 0 saturated heterocycles. The van der Waals surface area contributed by atoms with Crippen LogP contribution in [0.2, 0.25) is 0 Å². The van der Waals surface area contributed by atoms with Crippen molar-refractivity contribution in [3.63, 3.8) is 0 Å². The molecule has 148 valence electrons. The van der Waals surface area contributed by atoms with Crippen LogP contribution in [0.5, 0.6) is 5.75 Å². The van der Waals surface area contributed by atoms with E-state index in [4.69, 9.17) is 15.2 Å². The zero-order valence-corrected chi connectivity index (χ0v) is 16.8. The van der Waals surface area contributed by atoms with Crippen molar-refractivity contribution in [3.05, 3.63) is 94.8 Å². The number of benzene rings is 3. The minimum Gasteiger partial charge on any atom is -0.460 e. The molecule has 0 saturated carbocycles. The van der Waals surface area contributed by atoms with Gasteiger partial charge >= 0.3 is 0 Å². The summed E-state index contributed by atoms with van der Waals surface area (Å²) in [6.45, 7) is 2.29. The van der Waals surface area contributed by atoms with Gasteiger partial charge in [0.25, 0.3) is 0 Å². The van der Waals surface area contributed by atoms with Crippen LogP contribution in [0.15, 0.2) is 71.7 Å². The Morgan fingerprint density at radius 1 is 1.14 bits per heavy atom. The van der Waals surface area contributed by atoms with Crippen LogP contribution in [0.25, 0.3) is 0 Å². The van der Waals surface area contributed by atoms with Gasteiger partial charge in [0.05, 0.1) is 12.3 Å². The zero-order valence-electron chi connectivity index (χ0n) is 16.0. The van der Waals surface area contributed by atoms with Gasteiger partial charge in [-0.15, -0.1) is 0 Å². The Labute approximate surface area is 173 Å². The summed E-state index contributed by atoms with van der Waals surface area (Å²) < 4.78 is 26.0. The molecule has 4 rings (SSSR count). The highest BCUT2D eigenvalue weighted by Crippen LogP contribution is 2.38. The van der Waals surface area contributed by atoms with Crippen LogP contribution in [0.4, 0.5) is 10.1 Å². The normalized spacial score (nSPS) is 16.2. The van der Waals surface area contributed by atoms with Gasteiger partial charge in [-0.05, 0) is 36.8 Å². The minimum atomic E-state index is -0.517. The van der Waals surface area contributed by atoms with Crippen molar-refractivity contribution in [2.24, 2.45) is 10.7 Å². The Hall–Kier alpha value is -2.83. The number of halogens is 1. The van der Waals surface area contributed by atoms with Gasteiger partial charge in [0.15, 0.2) is 5.17 Å². The number of hydrogen-bond acceptors (Lipinski definition) is 4. The molecule has 3 aromatic carbocycles. The molecule has 0 aromatic heterocycles. The molecule has 1 aliphatic heterocycles. The summed E-state index contributed by atoms with van der Waals surface area (Å²) in [6.07, 6.45) is -0.517. The summed E-state index contributed by atoms with van der Waals surface area (Å²) in [6, 6.07) is 20.4. The van der Waals surface area contributed by atoms with Crippen molar-refractivity contribution in [1.29, 1.82) is 0 Å². The number of thioether (sulfide) groups is 1. The molecular formula is C23H21FN2O2S. The Kier molecular flexibility index (Phi) is 5.83. The Balaban J connectivity index is 1.53. The lowest BCUT2D eigenvalue weighted by atomic mass is 10.1. The minimum absolute atomic E-state index is 0.289. The lowest BCUT2D eigenvalue weighted by Crippen LogP contribution is -2.19. The van der Waals surface area contributed by atoms with E-state index in [2.05, 4.69) is 4.99 Å². The summed E-state index contributed by atoms with van der Waals surface area (Å²) in [5, 5.41) is 0.417. The lowest BCUT2D eigenvalue weighted by Gasteiger charge is -2.28. The van der Waals surface area contributed by atoms with Crippen LogP contribution in [0, 0.1) is 12.7 Å². The van der Waals surface area contributed by atoms with Gasteiger partial charge in [-0.3, -0.25) is 0 Å². The predicted molar refractivity (Wildman–Crippen MR) is 115 cm³/mol. The number of nitrogens with zero attached hydrogens (tertiary/aromatic N) is 1. The number of aliphatic imine (C=N–C) groups is 1. The third-order valence-corrected chi connectivity index (χ3v) is 5.35. The second-order valence-corrected chi connectivity index (χ2v) is 7.80. The molecule has 0 unspecified atom stereocenters. The van der Waals surface area contributed by atoms with E-state index in [1.165, 1.54) is 23.9 Å². The molecule has 0 aliphatic carbocycles. The highest BCUT2D eigenvalue weighted by atomic mass is 32.2. The number of nitrogens with two attached hydrogens (primary N) is 1. The average Bonchev–Trinajstić information content (AvgIpc) is 2.72. The Morgan fingerprint density at radius 3 is 2.76 bits per heavy atom. The molecule has 6 heteroatoms. The van der Waals surface area contributed by atoms with E-state index in [0.29, 0.717) is 22.2 Å². The zero-order chi connectivity index (χ0) is 20.2. The number of amidine groups is 1.